The summed E-state index contributed by atoms with van der Waals surface area (Å²) in [6, 6.07) is 7.42. The lowest BCUT2D eigenvalue weighted by atomic mass is 10.2. The molecular weight excluding hydrogens is 198 g/mol. The summed E-state index contributed by atoms with van der Waals surface area (Å²) in [4.78, 5) is 3.99. The molecule has 14 heavy (non-hydrogen) atoms. The molecule has 1 heterocycles. The number of benzene rings is 1. The van der Waals surface area contributed by atoms with Crippen molar-refractivity contribution in [2.75, 3.05) is 7.11 Å². The molecule has 1 aromatic rings. The van der Waals surface area contributed by atoms with Crippen molar-refractivity contribution in [2.24, 2.45) is 15.2 Å². The highest BCUT2D eigenvalue weighted by Gasteiger charge is 2.09. The summed E-state index contributed by atoms with van der Waals surface area (Å²) < 4.78 is 5.03. The first-order chi connectivity index (χ1) is 6.79. The number of amidine groups is 1. The summed E-state index contributed by atoms with van der Waals surface area (Å²) in [5.74, 6) is 1.35. The second-order valence-electron chi connectivity index (χ2n) is 2.65. The smallest absolute Gasteiger partial charge is 0.242 e. The quantitative estimate of drug-likeness (QED) is 0.695. The Hall–Kier alpha value is -1.62. The van der Waals surface area contributed by atoms with Crippen LogP contribution in [0.5, 0.6) is 5.75 Å². The van der Waals surface area contributed by atoms with Crippen molar-refractivity contribution in [3.8, 4) is 5.75 Å². The third kappa shape index (κ3) is 1.67. The van der Waals surface area contributed by atoms with Crippen LogP contribution in [-0.4, -0.2) is 18.1 Å². The van der Waals surface area contributed by atoms with Crippen LogP contribution in [-0.2, 0) is 0 Å². The van der Waals surface area contributed by atoms with Crippen LogP contribution in [0, 0.1) is 0 Å². The Labute approximate surface area is 86.3 Å². The van der Waals surface area contributed by atoms with Gasteiger partial charge in [-0.25, -0.2) is 0 Å². The average molecular weight is 205 g/mol. The van der Waals surface area contributed by atoms with E-state index in [1.807, 2.05) is 24.3 Å². The minimum absolute atomic E-state index is 0.274. The number of rotatable bonds is 2. The highest BCUT2D eigenvalue weighted by atomic mass is 32.1. The van der Waals surface area contributed by atoms with Crippen LogP contribution in [0.3, 0.4) is 0 Å². The van der Waals surface area contributed by atoms with Gasteiger partial charge in [0.2, 0.25) is 5.11 Å². The van der Waals surface area contributed by atoms with Gasteiger partial charge in [0.25, 0.3) is 0 Å². The van der Waals surface area contributed by atoms with Crippen molar-refractivity contribution in [1.29, 1.82) is 0 Å². The number of nitrogens with zero attached hydrogens (tertiary/aromatic N) is 3. The van der Waals surface area contributed by atoms with Gasteiger partial charge in [0.15, 0.2) is 5.84 Å². The third-order valence-corrected chi connectivity index (χ3v) is 1.95. The summed E-state index contributed by atoms with van der Waals surface area (Å²) in [5.41, 5.74) is 0.884. The minimum atomic E-state index is 0.274. The number of thiocarbonyl (C=S) groups is 1. The number of aliphatic imine (C=N–C) groups is 1. The molecule has 0 fully saturated rings. The molecule has 1 aliphatic rings. The van der Waals surface area contributed by atoms with Gasteiger partial charge in [0, 0.05) is 5.56 Å². The van der Waals surface area contributed by atoms with Gasteiger partial charge in [-0.05, 0) is 36.5 Å². The molecule has 4 nitrogen and oxygen atoms in total. The van der Waals surface area contributed by atoms with Crippen LogP contribution in [0.25, 0.3) is 0 Å². The zero-order valence-electron chi connectivity index (χ0n) is 7.47. The van der Waals surface area contributed by atoms with Crippen molar-refractivity contribution in [2.45, 2.75) is 0 Å². The van der Waals surface area contributed by atoms with Gasteiger partial charge in [-0.3, -0.25) is 0 Å². The van der Waals surface area contributed by atoms with E-state index in [2.05, 4.69) is 15.2 Å². The molecule has 0 radical (unpaired) electrons. The summed E-state index contributed by atoms with van der Waals surface area (Å²) in [6.45, 7) is 0. The Kier molecular flexibility index (Phi) is 2.32. The predicted molar refractivity (Wildman–Crippen MR) is 57.0 cm³/mol. The van der Waals surface area contributed by atoms with E-state index in [-0.39, 0.29) is 5.11 Å². The van der Waals surface area contributed by atoms with E-state index in [1.54, 1.807) is 7.11 Å². The summed E-state index contributed by atoms with van der Waals surface area (Å²) >= 11 is 4.77. The molecule has 0 saturated heterocycles. The minimum Gasteiger partial charge on any atom is -0.497 e. The molecule has 0 amide bonds. The van der Waals surface area contributed by atoms with Crippen LogP contribution in [0.4, 0.5) is 0 Å². The number of hydrogen-bond acceptors (Lipinski definition) is 3. The first-order valence-electron chi connectivity index (χ1n) is 3.98. The maximum absolute atomic E-state index is 5.03. The lowest BCUT2D eigenvalue weighted by Gasteiger charge is -1.99. The zero-order chi connectivity index (χ0) is 9.97. The predicted octanol–water partition coefficient (Wildman–Crippen LogP) is 2.19. The molecule has 1 aliphatic heterocycles. The van der Waals surface area contributed by atoms with E-state index >= 15 is 0 Å². The van der Waals surface area contributed by atoms with Gasteiger partial charge in [0.1, 0.15) is 5.75 Å². The number of ether oxygens (including phenoxy) is 1. The second kappa shape index (κ2) is 3.63. The molecule has 0 spiro atoms. The number of azo groups is 1. The number of hydrogen-bond donors (Lipinski definition) is 0. The normalized spacial score (nSPS) is 14.4. The average Bonchev–Trinajstić information content (AvgIpc) is 2.65. The fourth-order valence-electron chi connectivity index (χ4n) is 1.09. The SMILES string of the molecule is COc1ccc(C2=NC(=S)N=N2)cc1. The van der Waals surface area contributed by atoms with Gasteiger partial charge >= 0.3 is 0 Å². The van der Waals surface area contributed by atoms with E-state index in [0.29, 0.717) is 5.84 Å². The van der Waals surface area contributed by atoms with Crippen LogP contribution in [0.2, 0.25) is 0 Å². The first-order valence-corrected chi connectivity index (χ1v) is 4.39. The maximum Gasteiger partial charge on any atom is 0.242 e. The molecule has 0 N–H and O–H groups in total. The standard InChI is InChI=1S/C9H7N3OS/c1-13-7-4-2-6(3-5-7)8-10-9(14)12-11-8/h2-5H,1H3. The van der Waals surface area contributed by atoms with Crippen molar-refractivity contribution in [3.05, 3.63) is 29.8 Å². The highest BCUT2D eigenvalue weighted by Crippen LogP contribution is 2.14. The lowest BCUT2D eigenvalue weighted by Crippen LogP contribution is -1.94. The van der Waals surface area contributed by atoms with E-state index < -0.39 is 0 Å². The topological polar surface area (TPSA) is 46.3 Å². The van der Waals surface area contributed by atoms with E-state index in [4.69, 9.17) is 17.0 Å². The molecule has 0 saturated carbocycles. The van der Waals surface area contributed by atoms with E-state index in [0.717, 1.165) is 11.3 Å². The van der Waals surface area contributed by atoms with E-state index in [9.17, 15) is 0 Å². The van der Waals surface area contributed by atoms with Crippen LogP contribution < -0.4 is 4.74 Å². The van der Waals surface area contributed by atoms with Crippen molar-refractivity contribution in [3.63, 3.8) is 0 Å². The largest absolute Gasteiger partial charge is 0.497 e. The second-order valence-corrected chi connectivity index (χ2v) is 3.01. The van der Waals surface area contributed by atoms with Gasteiger partial charge in [-0.15, -0.1) is 10.2 Å². The fourth-order valence-corrected chi connectivity index (χ4v) is 1.22. The van der Waals surface area contributed by atoms with Gasteiger partial charge in [-0.1, -0.05) is 0 Å². The van der Waals surface area contributed by atoms with Crippen molar-refractivity contribution >= 4 is 23.2 Å². The number of methoxy groups -OCH3 is 1. The molecule has 0 aliphatic carbocycles. The van der Waals surface area contributed by atoms with Crippen LogP contribution in [0.15, 0.2) is 39.5 Å². The zero-order valence-corrected chi connectivity index (χ0v) is 8.28. The van der Waals surface area contributed by atoms with Crippen LogP contribution in [0.1, 0.15) is 5.56 Å². The van der Waals surface area contributed by atoms with Crippen molar-refractivity contribution < 1.29 is 4.74 Å². The molecule has 0 aromatic heterocycles. The Balaban J connectivity index is 2.30. The van der Waals surface area contributed by atoms with E-state index in [1.165, 1.54) is 0 Å². The maximum atomic E-state index is 5.03. The molecular formula is C9H7N3OS. The van der Waals surface area contributed by atoms with Crippen molar-refractivity contribution in [1.82, 2.24) is 0 Å². The Morgan fingerprint density at radius 1 is 1.14 bits per heavy atom. The first kappa shape index (κ1) is 8.96. The monoisotopic (exact) mass is 205 g/mol. The molecule has 1 aromatic carbocycles. The Morgan fingerprint density at radius 3 is 2.36 bits per heavy atom. The Morgan fingerprint density at radius 2 is 1.86 bits per heavy atom. The van der Waals surface area contributed by atoms with Gasteiger partial charge in [0.05, 0.1) is 7.11 Å². The fraction of sp³-hybridized carbons (Fsp3) is 0.111. The van der Waals surface area contributed by atoms with Gasteiger partial charge < -0.3 is 4.74 Å². The lowest BCUT2D eigenvalue weighted by molar-refractivity contribution is 0.415. The molecule has 2 rings (SSSR count). The molecule has 0 atom stereocenters. The molecule has 70 valence electrons. The van der Waals surface area contributed by atoms with Gasteiger partial charge in [-0.2, -0.15) is 4.99 Å². The molecule has 5 heteroatoms. The molecule has 0 bridgehead atoms. The highest BCUT2D eigenvalue weighted by molar-refractivity contribution is 7.80. The van der Waals surface area contributed by atoms with Crippen LogP contribution >= 0.6 is 12.2 Å². The Bertz CT molecular complexity index is 422. The summed E-state index contributed by atoms with van der Waals surface area (Å²) in [7, 11) is 1.62. The third-order valence-electron chi connectivity index (χ3n) is 1.78. The summed E-state index contributed by atoms with van der Waals surface area (Å²) in [5, 5.41) is 7.77. The molecule has 0 unspecified atom stereocenters. The summed E-state index contributed by atoms with van der Waals surface area (Å²) in [6.07, 6.45) is 0.